The van der Waals surface area contributed by atoms with Gasteiger partial charge in [0.25, 0.3) is 5.91 Å². The highest BCUT2D eigenvalue weighted by atomic mass is 16.3. The molecule has 1 amide bonds. The van der Waals surface area contributed by atoms with Gasteiger partial charge in [-0.1, -0.05) is 6.07 Å². The highest BCUT2D eigenvalue weighted by molar-refractivity contribution is 6.06. The first-order chi connectivity index (χ1) is 17.2. The SMILES string of the molecule is O=C1NCc2c(-c3cnc4cnccn34)ccc(Nc3ccc(N4[C@@H]5CC[C@H]4CC(O)C5)cn3)c21. The number of carbonyl (C=O) groups is 1. The van der Waals surface area contributed by atoms with Crippen LogP contribution in [-0.4, -0.2) is 48.6 Å². The summed E-state index contributed by atoms with van der Waals surface area (Å²) < 4.78 is 1.98. The fraction of sp³-hybridized carbons (Fsp3) is 0.308. The van der Waals surface area contributed by atoms with Crippen molar-refractivity contribution in [2.45, 2.75) is 50.4 Å². The van der Waals surface area contributed by atoms with E-state index < -0.39 is 0 Å². The van der Waals surface area contributed by atoms with Crippen LogP contribution in [0.5, 0.6) is 0 Å². The molecule has 6 heterocycles. The molecular formula is C26H25N7O2. The number of nitrogens with one attached hydrogen (secondary N) is 2. The van der Waals surface area contributed by atoms with Crippen molar-refractivity contribution in [3.63, 3.8) is 0 Å². The summed E-state index contributed by atoms with van der Waals surface area (Å²) in [5, 5.41) is 16.4. The van der Waals surface area contributed by atoms with Gasteiger partial charge in [-0.3, -0.25) is 14.2 Å². The van der Waals surface area contributed by atoms with Gasteiger partial charge in [-0.25, -0.2) is 9.97 Å². The van der Waals surface area contributed by atoms with E-state index in [1.807, 2.05) is 41.2 Å². The van der Waals surface area contributed by atoms with Crippen LogP contribution < -0.4 is 15.5 Å². The summed E-state index contributed by atoms with van der Waals surface area (Å²) in [5.41, 5.74) is 6.06. The molecule has 4 aromatic rings. The van der Waals surface area contributed by atoms with Gasteiger partial charge in [-0.15, -0.1) is 0 Å². The molecule has 1 unspecified atom stereocenters. The zero-order valence-electron chi connectivity index (χ0n) is 19.1. The zero-order valence-corrected chi connectivity index (χ0v) is 19.1. The number of fused-ring (bicyclic) bond motifs is 4. The van der Waals surface area contributed by atoms with Crippen molar-refractivity contribution in [3.8, 4) is 11.3 Å². The average Bonchev–Trinajstić information content (AvgIpc) is 3.55. The lowest BCUT2D eigenvalue weighted by Gasteiger charge is -2.38. The lowest BCUT2D eigenvalue weighted by atomic mass is 9.99. The van der Waals surface area contributed by atoms with Crippen molar-refractivity contribution in [1.29, 1.82) is 0 Å². The summed E-state index contributed by atoms with van der Waals surface area (Å²) in [7, 11) is 0. The quantitative estimate of drug-likeness (QED) is 0.423. The second-order valence-corrected chi connectivity index (χ2v) is 9.59. The molecule has 3 atom stereocenters. The highest BCUT2D eigenvalue weighted by Gasteiger charge is 2.40. The number of carbonyl (C=O) groups excluding carboxylic acids is 1. The van der Waals surface area contributed by atoms with Gasteiger partial charge in [0.2, 0.25) is 0 Å². The molecule has 176 valence electrons. The number of aromatic nitrogens is 4. The van der Waals surface area contributed by atoms with Crippen LogP contribution in [0, 0.1) is 0 Å². The number of aliphatic hydroxyl groups excluding tert-OH is 1. The number of benzene rings is 1. The fourth-order valence-corrected chi connectivity index (χ4v) is 6.05. The Morgan fingerprint density at radius 1 is 1.03 bits per heavy atom. The second-order valence-electron chi connectivity index (χ2n) is 9.59. The summed E-state index contributed by atoms with van der Waals surface area (Å²) in [4.78, 5) is 28.5. The molecule has 35 heavy (non-hydrogen) atoms. The number of nitrogens with zero attached hydrogens (tertiary/aromatic N) is 5. The molecule has 7 rings (SSSR count). The Kier molecular flexibility index (Phi) is 4.53. The summed E-state index contributed by atoms with van der Waals surface area (Å²) in [6.45, 7) is 0.466. The summed E-state index contributed by atoms with van der Waals surface area (Å²) in [6.07, 6.45) is 12.7. The van der Waals surface area contributed by atoms with E-state index in [0.29, 0.717) is 30.0 Å². The third-order valence-electron chi connectivity index (χ3n) is 7.58. The van der Waals surface area contributed by atoms with Crippen molar-refractivity contribution in [1.82, 2.24) is 24.7 Å². The number of rotatable bonds is 4. The zero-order chi connectivity index (χ0) is 23.5. The molecule has 2 fully saturated rings. The topological polar surface area (TPSA) is 108 Å². The van der Waals surface area contributed by atoms with Gasteiger partial charge in [-0.05, 0) is 49.4 Å². The van der Waals surface area contributed by atoms with Crippen LogP contribution in [0.25, 0.3) is 16.9 Å². The molecule has 9 nitrogen and oxygen atoms in total. The molecule has 0 radical (unpaired) electrons. The fourth-order valence-electron chi connectivity index (χ4n) is 6.05. The molecule has 3 N–H and O–H groups in total. The first-order valence-corrected chi connectivity index (χ1v) is 12.1. The molecule has 9 heteroatoms. The smallest absolute Gasteiger partial charge is 0.254 e. The van der Waals surface area contributed by atoms with Crippen molar-refractivity contribution < 1.29 is 9.90 Å². The number of piperidine rings is 1. The van der Waals surface area contributed by atoms with E-state index in [1.165, 1.54) is 0 Å². The van der Waals surface area contributed by atoms with Crippen LogP contribution in [0.3, 0.4) is 0 Å². The molecule has 3 aliphatic rings. The van der Waals surface area contributed by atoms with Crippen LogP contribution in [0.15, 0.2) is 55.2 Å². The van der Waals surface area contributed by atoms with E-state index in [4.69, 9.17) is 0 Å². The van der Waals surface area contributed by atoms with Crippen molar-refractivity contribution in [2.75, 3.05) is 10.2 Å². The van der Waals surface area contributed by atoms with E-state index in [1.54, 1.807) is 12.4 Å². The van der Waals surface area contributed by atoms with Crippen molar-refractivity contribution in [2.24, 2.45) is 0 Å². The lowest BCUT2D eigenvalue weighted by molar-refractivity contribution is 0.0966. The molecule has 0 saturated carbocycles. The minimum absolute atomic E-state index is 0.0973. The largest absolute Gasteiger partial charge is 0.393 e. The Balaban J connectivity index is 1.19. The Morgan fingerprint density at radius 2 is 1.89 bits per heavy atom. The Morgan fingerprint density at radius 3 is 2.69 bits per heavy atom. The summed E-state index contributed by atoms with van der Waals surface area (Å²) >= 11 is 0. The normalized spacial score (nSPS) is 22.9. The number of pyridine rings is 1. The maximum Gasteiger partial charge on any atom is 0.254 e. The van der Waals surface area contributed by atoms with Gasteiger partial charge in [0.1, 0.15) is 5.82 Å². The van der Waals surface area contributed by atoms with Crippen LogP contribution in [-0.2, 0) is 6.54 Å². The molecule has 3 aliphatic heterocycles. The standard InChI is InChI=1S/C26H25N7O2/c34-18-9-15-1-2-16(10-18)33(15)17-3-6-23(28-11-17)31-21-5-4-19(20-12-30-26(35)25(20)21)22-13-29-24-14-27-7-8-32(22)24/h3-8,11,13-16,18,34H,1-2,9-10,12H2,(H,28,31)(H,30,35)/t15-,16+,18?. The van der Waals surface area contributed by atoms with Gasteiger partial charge in [0.15, 0.2) is 5.65 Å². The van der Waals surface area contributed by atoms with E-state index in [0.717, 1.165) is 59.5 Å². The monoisotopic (exact) mass is 467 g/mol. The third-order valence-corrected chi connectivity index (χ3v) is 7.58. The minimum atomic E-state index is -0.189. The molecule has 1 aromatic carbocycles. The summed E-state index contributed by atoms with van der Waals surface area (Å²) in [5.74, 6) is 0.591. The van der Waals surface area contributed by atoms with Gasteiger partial charge in [0, 0.05) is 36.6 Å². The number of anilines is 3. The molecule has 2 saturated heterocycles. The van der Waals surface area contributed by atoms with Crippen LogP contribution >= 0.6 is 0 Å². The van der Waals surface area contributed by atoms with Gasteiger partial charge in [-0.2, -0.15) is 0 Å². The van der Waals surface area contributed by atoms with Gasteiger partial charge < -0.3 is 20.6 Å². The molecule has 0 aliphatic carbocycles. The minimum Gasteiger partial charge on any atom is -0.393 e. The van der Waals surface area contributed by atoms with Crippen LogP contribution in [0.4, 0.5) is 17.2 Å². The average molecular weight is 468 g/mol. The highest BCUT2D eigenvalue weighted by Crippen LogP contribution is 2.40. The predicted molar refractivity (Wildman–Crippen MR) is 132 cm³/mol. The molecular weight excluding hydrogens is 442 g/mol. The van der Waals surface area contributed by atoms with Crippen LogP contribution in [0.2, 0.25) is 0 Å². The van der Waals surface area contributed by atoms with E-state index in [-0.39, 0.29) is 12.0 Å². The number of aliphatic hydroxyl groups is 1. The van der Waals surface area contributed by atoms with Crippen molar-refractivity contribution in [3.05, 3.63) is 66.4 Å². The number of amides is 1. The summed E-state index contributed by atoms with van der Waals surface area (Å²) in [6, 6.07) is 8.78. The second kappa shape index (κ2) is 7.78. The predicted octanol–water partition coefficient (Wildman–Crippen LogP) is 3.27. The van der Waals surface area contributed by atoms with Crippen molar-refractivity contribution >= 4 is 28.7 Å². The van der Waals surface area contributed by atoms with Gasteiger partial charge in [0.05, 0.1) is 47.3 Å². The molecule has 2 bridgehead atoms. The van der Waals surface area contributed by atoms with Gasteiger partial charge >= 0.3 is 0 Å². The number of imidazole rings is 1. The van der Waals surface area contributed by atoms with E-state index >= 15 is 0 Å². The Hall–Kier alpha value is -3.98. The Bertz CT molecular complexity index is 1430. The van der Waals surface area contributed by atoms with E-state index in [9.17, 15) is 9.90 Å². The maximum absolute atomic E-state index is 12.8. The lowest BCUT2D eigenvalue weighted by Crippen LogP contribution is -2.44. The van der Waals surface area contributed by atoms with Crippen LogP contribution in [0.1, 0.15) is 41.6 Å². The first-order valence-electron chi connectivity index (χ1n) is 12.1. The maximum atomic E-state index is 12.8. The number of hydrogen-bond acceptors (Lipinski definition) is 7. The molecule has 3 aromatic heterocycles. The Labute approximate surface area is 201 Å². The first kappa shape index (κ1) is 20.4. The number of hydrogen-bond donors (Lipinski definition) is 3. The molecule has 0 spiro atoms. The van der Waals surface area contributed by atoms with E-state index in [2.05, 4.69) is 36.6 Å². The third kappa shape index (κ3) is 3.26.